The molecule has 3 aliphatic rings. The van der Waals surface area contributed by atoms with E-state index in [1.807, 2.05) is 28.9 Å². The number of urea groups is 1. The minimum atomic E-state index is -0.891. The van der Waals surface area contributed by atoms with Gasteiger partial charge in [-0.1, -0.05) is 0 Å². The van der Waals surface area contributed by atoms with Crippen LogP contribution in [0.3, 0.4) is 0 Å². The molecule has 8 nitrogen and oxygen atoms in total. The summed E-state index contributed by atoms with van der Waals surface area (Å²) in [5, 5.41) is 5.06. The van der Waals surface area contributed by atoms with E-state index in [4.69, 9.17) is 4.42 Å². The molecule has 140 valence electrons. The van der Waals surface area contributed by atoms with Gasteiger partial charge in [-0.15, -0.1) is 0 Å². The highest BCUT2D eigenvalue weighted by molar-refractivity contribution is 6.07. The molecule has 2 aliphatic heterocycles. The van der Waals surface area contributed by atoms with Gasteiger partial charge >= 0.3 is 6.03 Å². The Morgan fingerprint density at radius 2 is 2.19 bits per heavy atom. The summed E-state index contributed by atoms with van der Waals surface area (Å²) >= 11 is 0. The molecule has 1 atom stereocenters. The van der Waals surface area contributed by atoms with Crippen molar-refractivity contribution in [1.82, 2.24) is 20.4 Å². The molecule has 26 heavy (non-hydrogen) atoms. The maximum atomic E-state index is 12.9. The molecule has 4 rings (SSSR count). The van der Waals surface area contributed by atoms with Gasteiger partial charge in [0.15, 0.2) is 0 Å². The van der Waals surface area contributed by atoms with E-state index in [-0.39, 0.29) is 24.4 Å². The highest BCUT2D eigenvalue weighted by Gasteiger charge is 2.49. The van der Waals surface area contributed by atoms with Crippen LogP contribution in [-0.4, -0.2) is 58.9 Å². The van der Waals surface area contributed by atoms with E-state index in [1.54, 1.807) is 0 Å². The fourth-order valence-corrected chi connectivity index (χ4v) is 3.92. The summed E-state index contributed by atoms with van der Waals surface area (Å²) in [6.07, 6.45) is 3.41. The van der Waals surface area contributed by atoms with Crippen molar-refractivity contribution in [2.24, 2.45) is 0 Å². The number of likely N-dealkylation sites (tertiary alicyclic amines) is 1. The number of hydrogen-bond acceptors (Lipinski definition) is 5. The second-order valence-electron chi connectivity index (χ2n) is 7.57. The number of rotatable bonds is 5. The Balaban J connectivity index is 1.41. The van der Waals surface area contributed by atoms with Gasteiger partial charge in [0.05, 0.1) is 13.1 Å². The molecule has 1 aromatic heterocycles. The molecule has 2 saturated heterocycles. The number of nitrogens with one attached hydrogen (secondary N) is 2. The lowest BCUT2D eigenvalue weighted by Gasteiger charge is -2.38. The summed E-state index contributed by atoms with van der Waals surface area (Å²) in [4.78, 5) is 40.4. The molecule has 1 spiro atoms. The molecular weight excluding hydrogens is 336 g/mol. The van der Waals surface area contributed by atoms with Gasteiger partial charge in [0.1, 0.15) is 17.1 Å². The largest absolute Gasteiger partial charge is 0.464 e. The number of piperidine rings is 1. The van der Waals surface area contributed by atoms with Crippen LogP contribution < -0.4 is 10.6 Å². The first kappa shape index (κ1) is 17.1. The van der Waals surface area contributed by atoms with E-state index in [1.165, 1.54) is 0 Å². The van der Waals surface area contributed by atoms with E-state index in [0.717, 1.165) is 37.3 Å². The monoisotopic (exact) mass is 360 g/mol. The van der Waals surface area contributed by atoms with Crippen LogP contribution in [0.4, 0.5) is 4.79 Å². The standard InChI is InChI=1S/C18H24N4O4/c1-12-3-6-14(26-12)9-22(13-4-5-13)15(23)10-21-8-2-7-18(11-21)16(24)19-17(25)20-18/h3,6,13H,2,4-5,7-11H2,1H3,(H2,19,20,24,25). The fourth-order valence-electron chi connectivity index (χ4n) is 3.92. The molecular formula is C18H24N4O4. The van der Waals surface area contributed by atoms with E-state index >= 15 is 0 Å². The first-order chi connectivity index (χ1) is 12.4. The lowest BCUT2D eigenvalue weighted by Crippen LogP contribution is -2.59. The third-order valence-electron chi connectivity index (χ3n) is 5.37. The third-order valence-corrected chi connectivity index (χ3v) is 5.37. The van der Waals surface area contributed by atoms with Crippen molar-refractivity contribution in [2.45, 2.75) is 50.7 Å². The summed E-state index contributed by atoms with van der Waals surface area (Å²) in [5.41, 5.74) is -0.891. The molecule has 2 N–H and O–H groups in total. The minimum Gasteiger partial charge on any atom is -0.464 e. The lowest BCUT2D eigenvalue weighted by atomic mass is 9.89. The maximum absolute atomic E-state index is 12.9. The molecule has 1 aromatic rings. The summed E-state index contributed by atoms with van der Waals surface area (Å²) in [6.45, 7) is 3.74. The first-order valence-corrected chi connectivity index (χ1v) is 9.16. The maximum Gasteiger partial charge on any atom is 0.322 e. The predicted octanol–water partition coefficient (Wildman–Crippen LogP) is 0.753. The highest BCUT2D eigenvalue weighted by Crippen LogP contribution is 2.30. The van der Waals surface area contributed by atoms with Crippen molar-refractivity contribution in [3.05, 3.63) is 23.7 Å². The smallest absolute Gasteiger partial charge is 0.322 e. The number of imide groups is 1. The summed E-state index contributed by atoms with van der Waals surface area (Å²) < 4.78 is 5.63. The molecule has 8 heteroatoms. The number of hydrogen-bond donors (Lipinski definition) is 2. The van der Waals surface area contributed by atoms with Gasteiger partial charge in [-0.05, 0) is 51.3 Å². The van der Waals surface area contributed by atoms with Crippen LogP contribution in [-0.2, 0) is 16.1 Å². The average molecular weight is 360 g/mol. The van der Waals surface area contributed by atoms with Crippen LogP contribution in [0.1, 0.15) is 37.2 Å². The Labute approximate surface area is 151 Å². The molecule has 3 heterocycles. The van der Waals surface area contributed by atoms with Gasteiger partial charge < -0.3 is 14.6 Å². The van der Waals surface area contributed by atoms with Crippen molar-refractivity contribution >= 4 is 17.8 Å². The van der Waals surface area contributed by atoms with E-state index < -0.39 is 11.6 Å². The van der Waals surface area contributed by atoms with Gasteiger partial charge in [0.25, 0.3) is 5.91 Å². The summed E-state index contributed by atoms with van der Waals surface area (Å²) in [5.74, 6) is 1.39. The molecule has 0 aromatic carbocycles. The number of amides is 4. The Hall–Kier alpha value is -2.35. The fraction of sp³-hybridized carbons (Fsp3) is 0.611. The minimum absolute atomic E-state index is 0.0448. The number of carbonyl (C=O) groups is 3. The van der Waals surface area contributed by atoms with Gasteiger partial charge in [-0.2, -0.15) is 0 Å². The Morgan fingerprint density at radius 1 is 1.38 bits per heavy atom. The van der Waals surface area contributed by atoms with Crippen molar-refractivity contribution in [3.8, 4) is 0 Å². The first-order valence-electron chi connectivity index (χ1n) is 9.16. The topological polar surface area (TPSA) is 94.9 Å². The quantitative estimate of drug-likeness (QED) is 0.756. The van der Waals surface area contributed by atoms with Crippen LogP contribution >= 0.6 is 0 Å². The second kappa shape index (κ2) is 6.42. The average Bonchev–Trinajstić information content (AvgIpc) is 3.28. The van der Waals surface area contributed by atoms with Gasteiger partial charge in [0, 0.05) is 12.6 Å². The van der Waals surface area contributed by atoms with Gasteiger partial charge in [-0.3, -0.25) is 19.8 Å². The summed E-state index contributed by atoms with van der Waals surface area (Å²) in [7, 11) is 0. The molecule has 3 fully saturated rings. The second-order valence-corrected chi connectivity index (χ2v) is 7.57. The Morgan fingerprint density at radius 3 is 2.81 bits per heavy atom. The number of furan rings is 1. The SMILES string of the molecule is Cc1ccc(CN(C(=O)CN2CCCC3(C2)NC(=O)NC3=O)C2CC2)o1. The van der Waals surface area contributed by atoms with Crippen LogP contribution in [0, 0.1) is 6.92 Å². The Kier molecular flexibility index (Phi) is 4.22. The predicted molar refractivity (Wildman–Crippen MR) is 92.1 cm³/mol. The normalized spacial score (nSPS) is 26.0. The molecule has 1 aliphatic carbocycles. The molecule has 4 amide bonds. The number of aryl methyl sites for hydroxylation is 1. The van der Waals surface area contributed by atoms with Crippen LogP contribution in [0.5, 0.6) is 0 Å². The van der Waals surface area contributed by atoms with E-state index in [9.17, 15) is 14.4 Å². The third kappa shape index (κ3) is 3.33. The van der Waals surface area contributed by atoms with Gasteiger partial charge in [-0.25, -0.2) is 4.79 Å². The lowest BCUT2D eigenvalue weighted by molar-refractivity contribution is -0.136. The zero-order valence-corrected chi connectivity index (χ0v) is 14.9. The number of nitrogens with zero attached hydrogens (tertiary/aromatic N) is 2. The molecule has 1 saturated carbocycles. The van der Waals surface area contributed by atoms with E-state index in [2.05, 4.69) is 10.6 Å². The zero-order chi connectivity index (χ0) is 18.3. The number of carbonyl (C=O) groups excluding carboxylic acids is 3. The zero-order valence-electron chi connectivity index (χ0n) is 14.9. The highest BCUT2D eigenvalue weighted by atomic mass is 16.3. The molecule has 0 radical (unpaired) electrons. The molecule has 0 bridgehead atoms. The molecule has 1 unspecified atom stereocenters. The van der Waals surface area contributed by atoms with Crippen LogP contribution in [0.25, 0.3) is 0 Å². The van der Waals surface area contributed by atoms with Crippen molar-refractivity contribution in [2.75, 3.05) is 19.6 Å². The van der Waals surface area contributed by atoms with E-state index in [0.29, 0.717) is 19.5 Å². The van der Waals surface area contributed by atoms with Crippen LogP contribution in [0.15, 0.2) is 16.5 Å². The van der Waals surface area contributed by atoms with Gasteiger partial charge in [0.2, 0.25) is 5.91 Å². The Bertz CT molecular complexity index is 741. The van der Waals surface area contributed by atoms with Crippen LogP contribution in [0.2, 0.25) is 0 Å². The summed E-state index contributed by atoms with van der Waals surface area (Å²) in [6, 6.07) is 3.64. The van der Waals surface area contributed by atoms with Crippen molar-refractivity contribution < 1.29 is 18.8 Å². The van der Waals surface area contributed by atoms with Crippen molar-refractivity contribution in [3.63, 3.8) is 0 Å². The van der Waals surface area contributed by atoms with Crippen molar-refractivity contribution in [1.29, 1.82) is 0 Å².